The van der Waals surface area contributed by atoms with Crippen molar-refractivity contribution in [3.63, 3.8) is 0 Å². The van der Waals surface area contributed by atoms with Crippen LogP contribution in [-0.2, 0) is 0 Å². The Morgan fingerprint density at radius 1 is 1.40 bits per heavy atom. The van der Waals surface area contributed by atoms with E-state index in [1.54, 1.807) is 0 Å². The van der Waals surface area contributed by atoms with E-state index in [0.717, 1.165) is 17.4 Å². The average Bonchev–Trinajstić information content (AvgIpc) is 2.27. The lowest BCUT2D eigenvalue weighted by Gasteiger charge is -2.28. The van der Waals surface area contributed by atoms with E-state index in [9.17, 15) is 0 Å². The molecule has 0 aromatic carbocycles. The van der Waals surface area contributed by atoms with E-state index in [0.29, 0.717) is 6.04 Å². The van der Waals surface area contributed by atoms with Crippen molar-refractivity contribution in [2.75, 3.05) is 25.6 Å². The monoisotopic (exact) mass is 246 g/mol. The zero-order chi connectivity index (χ0) is 11.1. The number of thiocarbonyl (C=S) groups is 1. The minimum atomic E-state index is 0.628. The quantitative estimate of drug-likeness (QED) is 0.766. The highest BCUT2D eigenvalue weighted by atomic mass is 32.2. The first kappa shape index (κ1) is 13.1. The number of rotatable bonds is 4. The maximum Gasteiger partial charge on any atom is 0.168 e. The lowest BCUT2D eigenvalue weighted by atomic mass is 9.96. The molecule has 1 fully saturated rings. The van der Waals surface area contributed by atoms with E-state index in [1.165, 1.54) is 32.1 Å². The van der Waals surface area contributed by atoms with Gasteiger partial charge in [0, 0.05) is 25.4 Å². The van der Waals surface area contributed by atoms with E-state index in [4.69, 9.17) is 12.2 Å². The van der Waals surface area contributed by atoms with Gasteiger partial charge in [0.2, 0.25) is 0 Å². The highest BCUT2D eigenvalue weighted by Gasteiger charge is 2.15. The Labute approximate surface area is 103 Å². The van der Waals surface area contributed by atoms with Gasteiger partial charge >= 0.3 is 0 Å². The van der Waals surface area contributed by atoms with Crippen molar-refractivity contribution in [1.29, 1.82) is 0 Å². The summed E-state index contributed by atoms with van der Waals surface area (Å²) in [6.07, 6.45) is 8.81. The Morgan fingerprint density at radius 2 is 2.07 bits per heavy atom. The van der Waals surface area contributed by atoms with Gasteiger partial charge in [-0.1, -0.05) is 19.3 Å². The van der Waals surface area contributed by atoms with Crippen molar-refractivity contribution in [1.82, 2.24) is 10.2 Å². The third-order valence-electron chi connectivity index (χ3n) is 2.91. The topological polar surface area (TPSA) is 15.3 Å². The van der Waals surface area contributed by atoms with Gasteiger partial charge in [0.05, 0.1) is 0 Å². The van der Waals surface area contributed by atoms with Crippen LogP contribution in [0.5, 0.6) is 0 Å². The fraction of sp³-hybridized carbons (Fsp3) is 0.909. The predicted molar refractivity (Wildman–Crippen MR) is 73.6 cm³/mol. The molecule has 0 aromatic heterocycles. The molecule has 0 heterocycles. The van der Waals surface area contributed by atoms with Crippen molar-refractivity contribution in [3.05, 3.63) is 0 Å². The smallest absolute Gasteiger partial charge is 0.168 e. The van der Waals surface area contributed by atoms with Crippen LogP contribution in [0, 0.1) is 0 Å². The fourth-order valence-corrected chi connectivity index (χ4v) is 2.58. The molecule has 0 aliphatic heterocycles. The van der Waals surface area contributed by atoms with Crippen molar-refractivity contribution >= 4 is 29.1 Å². The SMILES string of the molecule is CSCCN(C)C(=S)NC1CCCCC1. The summed E-state index contributed by atoms with van der Waals surface area (Å²) in [5.74, 6) is 1.14. The molecular weight excluding hydrogens is 224 g/mol. The largest absolute Gasteiger partial charge is 0.360 e. The molecule has 0 unspecified atom stereocenters. The Morgan fingerprint density at radius 3 is 2.67 bits per heavy atom. The van der Waals surface area contributed by atoms with Gasteiger partial charge in [-0.3, -0.25) is 0 Å². The van der Waals surface area contributed by atoms with Gasteiger partial charge < -0.3 is 10.2 Å². The number of hydrogen-bond acceptors (Lipinski definition) is 2. The number of thioether (sulfide) groups is 1. The summed E-state index contributed by atoms with van der Waals surface area (Å²) in [5.41, 5.74) is 0. The minimum Gasteiger partial charge on any atom is -0.360 e. The number of nitrogens with zero attached hydrogens (tertiary/aromatic N) is 1. The van der Waals surface area contributed by atoms with Crippen molar-refractivity contribution < 1.29 is 0 Å². The lowest BCUT2D eigenvalue weighted by molar-refractivity contribution is 0.397. The molecule has 0 spiro atoms. The van der Waals surface area contributed by atoms with Crippen LogP contribution in [0.15, 0.2) is 0 Å². The van der Waals surface area contributed by atoms with Gasteiger partial charge in [-0.05, 0) is 31.3 Å². The molecule has 1 rings (SSSR count). The highest BCUT2D eigenvalue weighted by molar-refractivity contribution is 7.98. The van der Waals surface area contributed by atoms with Gasteiger partial charge in [-0.25, -0.2) is 0 Å². The molecule has 0 aromatic rings. The maximum atomic E-state index is 5.38. The van der Waals surface area contributed by atoms with Crippen LogP contribution < -0.4 is 5.32 Å². The molecule has 15 heavy (non-hydrogen) atoms. The highest BCUT2D eigenvalue weighted by Crippen LogP contribution is 2.17. The summed E-state index contributed by atoms with van der Waals surface area (Å²) in [6.45, 7) is 1.04. The fourth-order valence-electron chi connectivity index (χ4n) is 1.86. The zero-order valence-electron chi connectivity index (χ0n) is 9.79. The van der Waals surface area contributed by atoms with Crippen LogP contribution in [-0.4, -0.2) is 41.7 Å². The first-order valence-electron chi connectivity index (χ1n) is 5.74. The number of hydrogen-bond donors (Lipinski definition) is 1. The third kappa shape index (κ3) is 5.07. The second kappa shape index (κ2) is 7.34. The molecule has 0 radical (unpaired) electrons. The molecular formula is C11H22N2S2. The molecule has 1 saturated carbocycles. The third-order valence-corrected chi connectivity index (χ3v) is 3.93. The van der Waals surface area contributed by atoms with Gasteiger partial charge in [-0.15, -0.1) is 0 Å². The van der Waals surface area contributed by atoms with E-state index < -0.39 is 0 Å². The van der Waals surface area contributed by atoms with Crippen molar-refractivity contribution in [2.45, 2.75) is 38.1 Å². The predicted octanol–water partition coefficient (Wildman–Crippen LogP) is 2.49. The van der Waals surface area contributed by atoms with Crippen LogP contribution in [0.1, 0.15) is 32.1 Å². The van der Waals surface area contributed by atoms with Crippen LogP contribution >= 0.6 is 24.0 Å². The molecule has 2 nitrogen and oxygen atoms in total. The summed E-state index contributed by atoms with van der Waals surface area (Å²) >= 11 is 7.24. The summed E-state index contributed by atoms with van der Waals surface area (Å²) in [7, 11) is 2.08. The summed E-state index contributed by atoms with van der Waals surface area (Å²) in [6, 6.07) is 0.628. The summed E-state index contributed by atoms with van der Waals surface area (Å²) < 4.78 is 0. The van der Waals surface area contributed by atoms with E-state index >= 15 is 0 Å². The van der Waals surface area contributed by atoms with E-state index in [-0.39, 0.29) is 0 Å². The van der Waals surface area contributed by atoms with Crippen LogP contribution in [0.25, 0.3) is 0 Å². The second-order valence-corrected chi connectivity index (χ2v) is 5.57. The second-order valence-electron chi connectivity index (χ2n) is 4.20. The van der Waals surface area contributed by atoms with Gasteiger partial charge in [-0.2, -0.15) is 11.8 Å². The Hall–Kier alpha value is 0.0400. The number of nitrogens with one attached hydrogen (secondary N) is 1. The zero-order valence-corrected chi connectivity index (χ0v) is 11.4. The summed E-state index contributed by atoms with van der Waals surface area (Å²) in [5, 5.41) is 4.40. The summed E-state index contributed by atoms with van der Waals surface area (Å²) in [4.78, 5) is 2.15. The molecule has 0 saturated heterocycles. The van der Waals surface area contributed by atoms with Crippen LogP contribution in [0.4, 0.5) is 0 Å². The maximum absolute atomic E-state index is 5.38. The Balaban J connectivity index is 2.20. The van der Waals surface area contributed by atoms with Gasteiger partial charge in [0.25, 0.3) is 0 Å². The van der Waals surface area contributed by atoms with Crippen LogP contribution in [0.2, 0.25) is 0 Å². The molecule has 1 N–H and O–H groups in total. The molecule has 1 aliphatic rings. The molecule has 0 atom stereocenters. The Bertz CT molecular complexity index is 191. The normalized spacial score (nSPS) is 17.5. The average molecular weight is 246 g/mol. The first-order valence-corrected chi connectivity index (χ1v) is 7.55. The van der Waals surface area contributed by atoms with Gasteiger partial charge in [0.1, 0.15) is 0 Å². The Kier molecular flexibility index (Phi) is 6.41. The molecule has 1 aliphatic carbocycles. The standard InChI is InChI=1S/C11H22N2S2/c1-13(8-9-15-2)11(14)12-10-6-4-3-5-7-10/h10H,3-9H2,1-2H3,(H,12,14). The van der Waals surface area contributed by atoms with Crippen molar-refractivity contribution in [2.24, 2.45) is 0 Å². The van der Waals surface area contributed by atoms with E-state index in [1.807, 2.05) is 11.8 Å². The van der Waals surface area contributed by atoms with Crippen LogP contribution in [0.3, 0.4) is 0 Å². The molecule has 0 amide bonds. The molecule has 4 heteroatoms. The van der Waals surface area contributed by atoms with Crippen molar-refractivity contribution in [3.8, 4) is 0 Å². The van der Waals surface area contributed by atoms with Gasteiger partial charge in [0.15, 0.2) is 5.11 Å². The lowest BCUT2D eigenvalue weighted by Crippen LogP contribution is -2.44. The minimum absolute atomic E-state index is 0.628. The molecule has 0 bridgehead atoms. The van der Waals surface area contributed by atoms with E-state index in [2.05, 4.69) is 23.5 Å². The first-order chi connectivity index (χ1) is 7.24. The molecule has 88 valence electrons.